The second-order valence-corrected chi connectivity index (χ2v) is 8.27. The fourth-order valence-corrected chi connectivity index (χ4v) is 4.63. The van der Waals surface area contributed by atoms with Gasteiger partial charge in [0, 0.05) is 25.8 Å². The number of guanidine groups is 1. The van der Waals surface area contributed by atoms with Crippen molar-refractivity contribution >= 4 is 41.5 Å². The summed E-state index contributed by atoms with van der Waals surface area (Å²) in [4.78, 5) is 21.5. The van der Waals surface area contributed by atoms with Crippen LogP contribution < -0.4 is 20.3 Å². The van der Waals surface area contributed by atoms with E-state index in [1.54, 1.807) is 14.2 Å². The van der Waals surface area contributed by atoms with Crippen molar-refractivity contribution in [3.05, 3.63) is 59.7 Å². The number of para-hydroxylation sites is 1. The number of fused-ring (bicyclic) bond motifs is 1. The molecule has 2 aromatic carbocycles. The minimum atomic E-state index is 0. The third kappa shape index (κ3) is 6.17. The largest absolute Gasteiger partial charge is 0.497 e. The normalized spacial score (nSPS) is 16.7. The zero-order valence-electron chi connectivity index (χ0n) is 19.4. The van der Waals surface area contributed by atoms with Gasteiger partial charge in [-0.15, -0.1) is 24.0 Å². The first-order chi connectivity index (χ1) is 15.7. The lowest BCUT2D eigenvalue weighted by Crippen LogP contribution is -2.46. The van der Waals surface area contributed by atoms with Gasteiger partial charge >= 0.3 is 0 Å². The molecule has 2 aliphatic heterocycles. The number of hydrogen-bond donors (Lipinski definition) is 2. The number of ether oxygens (including phenoxy) is 1. The van der Waals surface area contributed by atoms with Crippen LogP contribution in [0.3, 0.4) is 0 Å². The lowest BCUT2D eigenvalue weighted by Gasteiger charge is -2.29. The van der Waals surface area contributed by atoms with Gasteiger partial charge in [-0.1, -0.05) is 30.3 Å². The number of rotatable bonds is 7. The predicted octanol–water partition coefficient (Wildman–Crippen LogP) is 3.20. The Balaban J connectivity index is 0.00000306. The monoisotopic (exact) mass is 563 g/mol. The van der Waals surface area contributed by atoms with E-state index in [2.05, 4.69) is 38.7 Å². The Kier molecular flexibility index (Phi) is 9.37. The summed E-state index contributed by atoms with van der Waals surface area (Å²) >= 11 is 0. The molecule has 8 heteroatoms. The first kappa shape index (κ1) is 25.3. The zero-order chi connectivity index (χ0) is 22.3. The van der Waals surface area contributed by atoms with Gasteiger partial charge in [0.25, 0.3) is 0 Å². The van der Waals surface area contributed by atoms with E-state index in [1.807, 2.05) is 35.2 Å². The predicted molar refractivity (Wildman–Crippen MR) is 144 cm³/mol. The number of benzene rings is 2. The number of hydrogen-bond acceptors (Lipinski definition) is 4. The van der Waals surface area contributed by atoms with E-state index in [1.165, 1.54) is 24.0 Å². The van der Waals surface area contributed by atoms with Gasteiger partial charge in [0.05, 0.1) is 19.7 Å². The van der Waals surface area contributed by atoms with Crippen molar-refractivity contribution in [2.45, 2.75) is 25.3 Å². The highest BCUT2D eigenvalue weighted by molar-refractivity contribution is 14.0. The molecule has 0 saturated carbocycles. The second kappa shape index (κ2) is 12.2. The first-order valence-corrected chi connectivity index (χ1v) is 11.4. The van der Waals surface area contributed by atoms with Crippen LogP contribution in [0.5, 0.6) is 5.75 Å². The molecule has 1 saturated heterocycles. The molecular weight excluding hydrogens is 529 g/mol. The average molecular weight is 563 g/mol. The van der Waals surface area contributed by atoms with E-state index in [9.17, 15) is 4.79 Å². The number of carbonyl (C=O) groups excluding carboxylic acids is 1. The number of nitrogens with one attached hydrogen (secondary N) is 2. The number of nitrogens with zero attached hydrogens (tertiary/aromatic N) is 3. The van der Waals surface area contributed by atoms with Gasteiger partial charge in [-0.05, 0) is 61.7 Å². The highest BCUT2D eigenvalue weighted by Crippen LogP contribution is 2.28. The summed E-state index contributed by atoms with van der Waals surface area (Å²) in [7, 11) is 3.44. The van der Waals surface area contributed by atoms with Crippen LogP contribution in [0.25, 0.3) is 0 Å². The van der Waals surface area contributed by atoms with Crippen LogP contribution in [0.4, 0.5) is 5.69 Å². The SMILES string of the molecule is CN=C(NCC(=O)N1CCc2ccccc21)NCC(c1cccc(OC)c1)N1CCCC1.I. The molecule has 0 bridgehead atoms. The minimum Gasteiger partial charge on any atom is -0.497 e. The Labute approximate surface area is 213 Å². The lowest BCUT2D eigenvalue weighted by molar-refractivity contribution is -0.117. The van der Waals surface area contributed by atoms with E-state index >= 15 is 0 Å². The molecule has 0 spiro atoms. The van der Waals surface area contributed by atoms with Crippen molar-refractivity contribution in [3.8, 4) is 5.75 Å². The molecule has 7 nitrogen and oxygen atoms in total. The van der Waals surface area contributed by atoms with Crippen molar-refractivity contribution < 1.29 is 9.53 Å². The van der Waals surface area contributed by atoms with Gasteiger partial charge < -0.3 is 20.3 Å². The van der Waals surface area contributed by atoms with Gasteiger partial charge in [0.1, 0.15) is 5.75 Å². The van der Waals surface area contributed by atoms with Crippen LogP contribution in [0.15, 0.2) is 53.5 Å². The Bertz CT molecular complexity index is 961. The van der Waals surface area contributed by atoms with Crippen LogP contribution in [-0.4, -0.2) is 63.6 Å². The Morgan fingerprint density at radius 3 is 2.64 bits per heavy atom. The summed E-state index contributed by atoms with van der Waals surface area (Å²) in [5.74, 6) is 1.56. The maximum Gasteiger partial charge on any atom is 0.246 e. The van der Waals surface area contributed by atoms with E-state index in [-0.39, 0.29) is 42.5 Å². The number of methoxy groups -OCH3 is 1. The maximum atomic E-state index is 12.8. The lowest BCUT2D eigenvalue weighted by atomic mass is 10.1. The smallest absolute Gasteiger partial charge is 0.246 e. The number of likely N-dealkylation sites (tertiary alicyclic amines) is 1. The van der Waals surface area contributed by atoms with Crippen LogP contribution in [-0.2, 0) is 11.2 Å². The molecular formula is C25H34IN5O2. The third-order valence-electron chi connectivity index (χ3n) is 6.34. The summed E-state index contributed by atoms with van der Waals surface area (Å²) in [5, 5.41) is 6.63. The maximum absolute atomic E-state index is 12.8. The average Bonchev–Trinajstić information content (AvgIpc) is 3.51. The molecule has 0 radical (unpaired) electrons. The summed E-state index contributed by atoms with van der Waals surface area (Å²) < 4.78 is 5.44. The standard InChI is InChI=1S/C25H33N5O2.HI/c1-26-25(28-18-24(31)30-15-12-19-8-3-4-11-22(19)30)27-17-23(29-13-5-6-14-29)20-9-7-10-21(16-20)32-2;/h3-4,7-11,16,23H,5-6,12-15,17-18H2,1-2H3,(H2,26,27,28);1H. The van der Waals surface area contributed by atoms with Crippen LogP contribution in [0, 0.1) is 0 Å². The Morgan fingerprint density at radius 1 is 1.09 bits per heavy atom. The molecule has 33 heavy (non-hydrogen) atoms. The number of carbonyl (C=O) groups is 1. The van der Waals surface area contributed by atoms with E-state index in [0.29, 0.717) is 12.5 Å². The van der Waals surface area contributed by atoms with Crippen molar-refractivity contribution in [2.75, 3.05) is 51.8 Å². The van der Waals surface area contributed by atoms with Gasteiger partial charge in [-0.2, -0.15) is 0 Å². The van der Waals surface area contributed by atoms with Crippen molar-refractivity contribution in [1.82, 2.24) is 15.5 Å². The first-order valence-electron chi connectivity index (χ1n) is 11.4. The Hall–Kier alpha value is -2.33. The molecule has 1 fully saturated rings. The second-order valence-electron chi connectivity index (χ2n) is 8.27. The summed E-state index contributed by atoms with van der Waals surface area (Å²) in [6, 6.07) is 16.6. The summed E-state index contributed by atoms with van der Waals surface area (Å²) in [5.41, 5.74) is 3.48. The van der Waals surface area contributed by atoms with Crippen molar-refractivity contribution in [2.24, 2.45) is 4.99 Å². The molecule has 2 heterocycles. The van der Waals surface area contributed by atoms with Crippen LogP contribution >= 0.6 is 24.0 Å². The summed E-state index contributed by atoms with van der Waals surface area (Å²) in [6.07, 6.45) is 3.35. The number of halogens is 1. The quantitative estimate of drug-likeness (QED) is 0.308. The van der Waals surface area contributed by atoms with Gasteiger partial charge in [0.2, 0.25) is 5.91 Å². The van der Waals surface area contributed by atoms with Gasteiger partial charge in [0.15, 0.2) is 5.96 Å². The fourth-order valence-electron chi connectivity index (χ4n) is 4.63. The highest BCUT2D eigenvalue weighted by atomic mass is 127. The molecule has 2 aliphatic rings. The van der Waals surface area contributed by atoms with Gasteiger partial charge in [-0.3, -0.25) is 14.7 Å². The van der Waals surface area contributed by atoms with Crippen LogP contribution in [0.2, 0.25) is 0 Å². The molecule has 178 valence electrons. The highest BCUT2D eigenvalue weighted by Gasteiger charge is 2.25. The van der Waals surface area contributed by atoms with Crippen molar-refractivity contribution in [1.29, 1.82) is 0 Å². The molecule has 4 rings (SSSR count). The van der Waals surface area contributed by atoms with Crippen LogP contribution in [0.1, 0.15) is 30.0 Å². The molecule has 1 unspecified atom stereocenters. The minimum absolute atomic E-state index is 0. The summed E-state index contributed by atoms with van der Waals surface area (Å²) in [6.45, 7) is 3.82. The molecule has 1 atom stereocenters. The topological polar surface area (TPSA) is 69.2 Å². The van der Waals surface area contributed by atoms with Crippen molar-refractivity contribution in [3.63, 3.8) is 0 Å². The third-order valence-corrected chi connectivity index (χ3v) is 6.34. The molecule has 2 aromatic rings. The van der Waals surface area contributed by atoms with E-state index < -0.39 is 0 Å². The molecule has 2 N–H and O–H groups in total. The molecule has 0 aromatic heterocycles. The molecule has 0 aliphatic carbocycles. The van der Waals surface area contributed by atoms with Gasteiger partial charge in [-0.25, -0.2) is 0 Å². The molecule has 1 amide bonds. The number of anilines is 1. The van der Waals surface area contributed by atoms with E-state index in [4.69, 9.17) is 4.74 Å². The van der Waals surface area contributed by atoms with E-state index in [0.717, 1.165) is 37.5 Å². The number of amides is 1. The fraction of sp³-hybridized carbons (Fsp3) is 0.440. The Morgan fingerprint density at radius 2 is 1.88 bits per heavy atom. The number of aliphatic imine (C=N–C) groups is 1. The zero-order valence-corrected chi connectivity index (χ0v) is 21.7.